The number of imidazole rings is 1. The molecule has 0 saturated heterocycles. The number of rotatable bonds is 5. The average molecular weight is 330 g/mol. The topological polar surface area (TPSA) is 58.1 Å². The molecule has 0 bridgehead atoms. The Morgan fingerprint density at radius 3 is 2.52 bits per heavy atom. The number of nitrogens with one attached hydrogen (secondary N) is 1. The van der Waals surface area contributed by atoms with Crippen molar-refractivity contribution in [1.29, 1.82) is 0 Å². The first-order valence-electron chi connectivity index (χ1n) is 8.17. The summed E-state index contributed by atoms with van der Waals surface area (Å²) in [4.78, 5) is 6.93. The third-order valence-electron chi connectivity index (χ3n) is 4.21. The summed E-state index contributed by atoms with van der Waals surface area (Å²) in [5.74, 6) is 0.770. The van der Waals surface area contributed by atoms with Crippen molar-refractivity contribution >= 4 is 10.8 Å². The molecule has 0 spiro atoms. The highest BCUT2D eigenvalue weighted by Crippen LogP contribution is 2.23. The minimum Gasteiger partial charge on any atom is -0.489 e. The van der Waals surface area contributed by atoms with Crippen LogP contribution in [0, 0.1) is 0 Å². The molecule has 4 heteroatoms. The van der Waals surface area contributed by atoms with Gasteiger partial charge in [-0.25, -0.2) is 4.98 Å². The minimum absolute atomic E-state index is 0.506. The quantitative estimate of drug-likeness (QED) is 0.576. The molecule has 0 aliphatic carbocycles. The van der Waals surface area contributed by atoms with Crippen molar-refractivity contribution in [3.8, 4) is 5.75 Å². The molecule has 4 rings (SSSR count). The smallest absolute Gasteiger partial charge is 0.122 e. The van der Waals surface area contributed by atoms with Crippen molar-refractivity contribution in [3.05, 3.63) is 96.1 Å². The van der Waals surface area contributed by atoms with Gasteiger partial charge in [-0.2, -0.15) is 0 Å². The lowest BCUT2D eigenvalue weighted by Gasteiger charge is -2.11. The highest BCUT2D eigenvalue weighted by atomic mass is 16.5. The van der Waals surface area contributed by atoms with Crippen LogP contribution in [0.5, 0.6) is 5.75 Å². The molecule has 25 heavy (non-hydrogen) atoms. The van der Waals surface area contributed by atoms with Gasteiger partial charge in [-0.3, -0.25) is 0 Å². The first-order valence-corrected chi connectivity index (χ1v) is 8.17. The van der Waals surface area contributed by atoms with Crippen LogP contribution in [0.15, 0.2) is 79.3 Å². The van der Waals surface area contributed by atoms with E-state index >= 15 is 0 Å². The molecule has 2 N–H and O–H groups in total. The number of benzene rings is 3. The van der Waals surface area contributed by atoms with Crippen LogP contribution in [0.3, 0.4) is 0 Å². The predicted molar refractivity (Wildman–Crippen MR) is 97.4 cm³/mol. The largest absolute Gasteiger partial charge is 0.489 e. The summed E-state index contributed by atoms with van der Waals surface area (Å²) in [6.45, 7) is 0.506. The van der Waals surface area contributed by atoms with Crippen molar-refractivity contribution < 1.29 is 9.84 Å². The van der Waals surface area contributed by atoms with Crippen LogP contribution in [0.4, 0.5) is 0 Å². The summed E-state index contributed by atoms with van der Waals surface area (Å²) in [6.07, 6.45) is 2.51. The zero-order valence-corrected chi connectivity index (χ0v) is 13.6. The Kier molecular flexibility index (Phi) is 4.19. The summed E-state index contributed by atoms with van der Waals surface area (Å²) in [7, 11) is 0. The van der Waals surface area contributed by atoms with Crippen LogP contribution < -0.4 is 4.74 Å². The molecule has 0 amide bonds. The molecule has 1 atom stereocenters. The molecule has 0 fully saturated rings. The van der Waals surface area contributed by atoms with E-state index in [2.05, 4.69) is 40.3 Å². The van der Waals surface area contributed by atoms with E-state index in [1.165, 1.54) is 10.8 Å². The second kappa shape index (κ2) is 6.79. The lowest BCUT2D eigenvalue weighted by Crippen LogP contribution is -2.00. The number of nitrogens with zero attached hydrogens (tertiary/aromatic N) is 1. The van der Waals surface area contributed by atoms with Gasteiger partial charge in [0.05, 0.1) is 12.0 Å². The van der Waals surface area contributed by atoms with Crippen molar-refractivity contribution in [2.45, 2.75) is 12.7 Å². The van der Waals surface area contributed by atoms with Crippen molar-refractivity contribution in [1.82, 2.24) is 9.97 Å². The summed E-state index contributed by atoms with van der Waals surface area (Å²) < 4.78 is 5.86. The highest BCUT2D eigenvalue weighted by molar-refractivity contribution is 5.82. The molecule has 1 heterocycles. The summed E-state index contributed by atoms with van der Waals surface area (Å²) >= 11 is 0. The molecule has 4 nitrogen and oxygen atoms in total. The van der Waals surface area contributed by atoms with Crippen molar-refractivity contribution in [3.63, 3.8) is 0 Å². The molecular formula is C21H18N2O2. The van der Waals surface area contributed by atoms with Gasteiger partial charge >= 0.3 is 0 Å². The Morgan fingerprint density at radius 1 is 0.960 bits per heavy atom. The molecule has 0 saturated carbocycles. The molecule has 4 aromatic rings. The second-order valence-corrected chi connectivity index (χ2v) is 5.94. The van der Waals surface area contributed by atoms with Crippen LogP contribution in [-0.4, -0.2) is 15.1 Å². The highest BCUT2D eigenvalue weighted by Gasteiger charge is 2.12. The molecule has 0 aliphatic rings. The monoisotopic (exact) mass is 330 g/mol. The van der Waals surface area contributed by atoms with Gasteiger partial charge < -0.3 is 14.8 Å². The van der Waals surface area contributed by atoms with Crippen molar-refractivity contribution in [2.24, 2.45) is 0 Å². The predicted octanol–water partition coefficient (Wildman–Crippen LogP) is 4.22. The Hall–Kier alpha value is -3.11. The maximum atomic E-state index is 10.3. The van der Waals surface area contributed by atoms with E-state index in [-0.39, 0.29) is 0 Å². The van der Waals surface area contributed by atoms with Crippen LogP contribution in [0.25, 0.3) is 10.8 Å². The van der Waals surface area contributed by atoms with Gasteiger partial charge in [0.2, 0.25) is 0 Å². The van der Waals surface area contributed by atoms with Crippen LogP contribution in [-0.2, 0) is 6.61 Å². The first kappa shape index (κ1) is 15.4. The van der Waals surface area contributed by atoms with Crippen LogP contribution >= 0.6 is 0 Å². The Balaban J connectivity index is 1.44. The lowest BCUT2D eigenvalue weighted by molar-refractivity contribution is 0.215. The normalized spacial score (nSPS) is 12.2. The maximum Gasteiger partial charge on any atom is 0.122 e. The molecule has 1 unspecified atom stereocenters. The first-order chi connectivity index (χ1) is 12.3. The zero-order valence-electron chi connectivity index (χ0n) is 13.6. The summed E-state index contributed by atoms with van der Waals surface area (Å²) in [5.41, 5.74) is 2.51. The number of fused-ring (bicyclic) bond motifs is 1. The molecule has 1 aromatic heterocycles. The number of aliphatic hydroxyl groups is 1. The van der Waals surface area contributed by atoms with Gasteiger partial charge in [0.1, 0.15) is 18.5 Å². The molecule has 3 aromatic carbocycles. The zero-order chi connectivity index (χ0) is 17.1. The minimum atomic E-state index is -0.735. The average Bonchev–Trinajstić information content (AvgIpc) is 3.21. The number of hydrogen-bond donors (Lipinski definition) is 2. The van der Waals surface area contributed by atoms with Crippen molar-refractivity contribution in [2.75, 3.05) is 0 Å². The van der Waals surface area contributed by atoms with Gasteiger partial charge in [0, 0.05) is 6.20 Å². The van der Waals surface area contributed by atoms with E-state index in [0.29, 0.717) is 12.3 Å². The van der Waals surface area contributed by atoms with Crippen LogP contribution in [0.2, 0.25) is 0 Å². The van der Waals surface area contributed by atoms with Gasteiger partial charge in [-0.15, -0.1) is 0 Å². The van der Waals surface area contributed by atoms with Gasteiger partial charge in [-0.05, 0) is 40.1 Å². The number of aliphatic hydroxyl groups excluding tert-OH is 1. The second-order valence-electron chi connectivity index (χ2n) is 5.94. The van der Waals surface area contributed by atoms with E-state index in [4.69, 9.17) is 4.74 Å². The third kappa shape index (κ3) is 3.39. The molecule has 124 valence electrons. The number of H-pyrrole nitrogens is 1. The van der Waals surface area contributed by atoms with E-state index in [9.17, 15) is 5.11 Å². The molecule has 0 radical (unpaired) electrons. The Bertz CT molecular complexity index is 963. The van der Waals surface area contributed by atoms with Gasteiger partial charge in [0.15, 0.2) is 0 Å². The van der Waals surface area contributed by atoms with Crippen LogP contribution in [0.1, 0.15) is 22.9 Å². The van der Waals surface area contributed by atoms with E-state index in [1.54, 1.807) is 12.5 Å². The fourth-order valence-corrected chi connectivity index (χ4v) is 2.83. The fraction of sp³-hybridized carbons (Fsp3) is 0.0952. The van der Waals surface area contributed by atoms with E-state index in [0.717, 1.165) is 16.9 Å². The van der Waals surface area contributed by atoms with E-state index in [1.807, 2.05) is 36.4 Å². The van der Waals surface area contributed by atoms with Gasteiger partial charge in [0.25, 0.3) is 0 Å². The van der Waals surface area contributed by atoms with E-state index < -0.39 is 6.10 Å². The van der Waals surface area contributed by atoms with Gasteiger partial charge in [-0.1, -0.05) is 48.5 Å². The Morgan fingerprint density at radius 2 is 1.76 bits per heavy atom. The standard InChI is InChI=1S/C21H18N2O2/c24-21(20-12-22-14-23-20)17-7-9-19(10-8-17)25-13-15-5-6-16-3-1-2-4-18(16)11-15/h1-12,14,21,24H,13H2,(H,22,23). The SMILES string of the molecule is OC(c1ccc(OCc2ccc3ccccc3c2)cc1)c1c[nH]cn1. The number of ether oxygens (including phenoxy) is 1. The number of aromatic nitrogens is 2. The summed E-state index contributed by atoms with van der Waals surface area (Å²) in [6, 6.07) is 22.1. The maximum absolute atomic E-state index is 10.3. The molecule has 0 aliphatic heterocycles. The third-order valence-corrected chi connectivity index (χ3v) is 4.21. The number of aromatic amines is 1. The lowest BCUT2D eigenvalue weighted by atomic mass is 10.1. The fourth-order valence-electron chi connectivity index (χ4n) is 2.83. The summed E-state index contributed by atoms with van der Waals surface area (Å²) in [5, 5.41) is 12.7. The Labute approximate surface area is 145 Å². The molecular weight excluding hydrogens is 312 g/mol. The number of hydrogen-bond acceptors (Lipinski definition) is 3.